The number of aldehydes is 1. The van der Waals surface area contributed by atoms with E-state index in [1.165, 1.54) is 81.8 Å². The van der Waals surface area contributed by atoms with Crippen LogP contribution in [-0.4, -0.2) is 40.8 Å². The van der Waals surface area contributed by atoms with Gasteiger partial charge in [0.1, 0.15) is 6.29 Å². The van der Waals surface area contributed by atoms with Gasteiger partial charge >= 0.3 is 5.97 Å². The van der Waals surface area contributed by atoms with Crippen LogP contribution in [0.1, 0.15) is 203 Å². The number of hydrogen-bond acceptors (Lipinski definition) is 5. The van der Waals surface area contributed by atoms with Crippen LogP contribution in [0, 0.1) is 11.3 Å². The second-order valence-corrected chi connectivity index (χ2v) is 16.9. The molecule has 5 heteroatoms. The normalized spacial score (nSPS) is 22.6. The number of allylic oxidation sites excluding steroid dienone is 8. The first-order valence-corrected chi connectivity index (χ1v) is 21.6. The minimum Gasteiger partial charge on any atom is -0.466 e. The molecule has 0 spiro atoms. The lowest BCUT2D eigenvalue weighted by Gasteiger charge is -2.53. The Bertz CT molecular complexity index is 1180. The lowest BCUT2D eigenvalue weighted by molar-refractivity contribution is -0.144. The first kappa shape index (κ1) is 48.8. The van der Waals surface area contributed by atoms with Crippen LogP contribution < -0.4 is 0 Å². The molecule has 0 bridgehead atoms. The van der Waals surface area contributed by atoms with Gasteiger partial charge in [-0.15, -0.1) is 0 Å². The predicted molar refractivity (Wildman–Crippen MR) is 226 cm³/mol. The van der Waals surface area contributed by atoms with Crippen molar-refractivity contribution in [1.82, 2.24) is 0 Å². The molecule has 1 saturated carbocycles. The largest absolute Gasteiger partial charge is 0.466 e. The highest BCUT2D eigenvalue weighted by Gasteiger charge is 2.52. The Labute approximate surface area is 326 Å². The summed E-state index contributed by atoms with van der Waals surface area (Å²) >= 11 is 0. The first-order chi connectivity index (χ1) is 25.3. The van der Waals surface area contributed by atoms with Gasteiger partial charge in [-0.3, -0.25) is 9.59 Å². The van der Waals surface area contributed by atoms with Gasteiger partial charge in [0.15, 0.2) is 0 Å². The highest BCUT2D eigenvalue weighted by atomic mass is 16.5. The second-order valence-electron chi connectivity index (χ2n) is 16.9. The summed E-state index contributed by atoms with van der Waals surface area (Å²) in [7, 11) is 0. The van der Waals surface area contributed by atoms with Crippen LogP contribution in [0.2, 0.25) is 0 Å². The smallest absolute Gasteiger partial charge is 0.305 e. The van der Waals surface area contributed by atoms with E-state index in [2.05, 4.69) is 65.0 Å². The maximum Gasteiger partial charge on any atom is 0.305 e. The van der Waals surface area contributed by atoms with Gasteiger partial charge < -0.3 is 14.9 Å². The van der Waals surface area contributed by atoms with Crippen LogP contribution in [0.4, 0.5) is 0 Å². The number of esters is 1. The van der Waals surface area contributed by atoms with Crippen LogP contribution >= 0.6 is 0 Å². The van der Waals surface area contributed by atoms with E-state index in [0.29, 0.717) is 38.7 Å². The molecule has 0 aromatic heterocycles. The SMILES string of the molecule is CCCCCCC=CCCCCCCCCCC(=O)OCCCC1C(=C(C)C=O)CCC(C)(O)C1(C)CCC=C(C)C(O)CC=C(C)CCC=C(C)C. The monoisotopic (exact) mass is 739 g/mol. The molecule has 0 aliphatic heterocycles. The van der Waals surface area contributed by atoms with Crippen LogP contribution in [-0.2, 0) is 14.3 Å². The molecule has 1 fully saturated rings. The van der Waals surface area contributed by atoms with Crippen molar-refractivity contribution in [2.75, 3.05) is 6.61 Å². The van der Waals surface area contributed by atoms with Gasteiger partial charge in [0.05, 0.1) is 18.3 Å². The van der Waals surface area contributed by atoms with Crippen LogP contribution in [0.5, 0.6) is 0 Å². The summed E-state index contributed by atoms with van der Waals surface area (Å²) in [6.07, 6.45) is 34.9. The van der Waals surface area contributed by atoms with Crippen molar-refractivity contribution in [2.24, 2.45) is 11.3 Å². The standard InChI is InChI=1S/C48H82O5/c1-9-10-11-12-13-14-15-16-17-18-19-20-21-22-23-31-46(51)53-37-26-30-44-43(42(6)38-49)34-36-48(8,52)47(44,7)35-25-29-41(5)45(50)33-32-40(4)28-24-27-39(2)3/h14-15,27,29,32,38,44-45,50,52H,9-13,16-26,28,30-31,33-37H2,1-8H3. The fourth-order valence-electron chi connectivity index (χ4n) is 7.89. The summed E-state index contributed by atoms with van der Waals surface area (Å²) in [5.41, 5.74) is 4.09. The van der Waals surface area contributed by atoms with Crippen molar-refractivity contribution >= 4 is 12.3 Å². The summed E-state index contributed by atoms with van der Waals surface area (Å²) < 4.78 is 5.67. The molecule has 1 aliphatic carbocycles. The number of carbonyl (C=O) groups is 2. The molecule has 1 rings (SSSR count). The molecule has 5 nitrogen and oxygen atoms in total. The van der Waals surface area contributed by atoms with Gasteiger partial charge in [-0.1, -0.05) is 112 Å². The van der Waals surface area contributed by atoms with Gasteiger partial charge in [0, 0.05) is 11.8 Å². The van der Waals surface area contributed by atoms with Gasteiger partial charge in [-0.05, 0) is 148 Å². The summed E-state index contributed by atoms with van der Waals surface area (Å²) in [5.74, 6) is -0.117. The Hall–Kier alpha value is -2.24. The third-order valence-corrected chi connectivity index (χ3v) is 12.0. The average Bonchev–Trinajstić information content (AvgIpc) is 3.11. The number of unbranched alkanes of at least 4 members (excludes halogenated alkanes) is 11. The number of rotatable bonds is 29. The zero-order valence-electron chi connectivity index (χ0n) is 35.7. The van der Waals surface area contributed by atoms with Crippen molar-refractivity contribution in [3.8, 4) is 0 Å². The van der Waals surface area contributed by atoms with E-state index < -0.39 is 17.1 Å². The lowest BCUT2D eigenvalue weighted by Crippen LogP contribution is -2.52. The predicted octanol–water partition coefficient (Wildman–Crippen LogP) is 13.2. The maximum absolute atomic E-state index is 12.5. The topological polar surface area (TPSA) is 83.8 Å². The summed E-state index contributed by atoms with van der Waals surface area (Å²) in [5, 5.41) is 22.7. The van der Waals surface area contributed by atoms with E-state index in [9.17, 15) is 19.8 Å². The van der Waals surface area contributed by atoms with Crippen molar-refractivity contribution in [3.63, 3.8) is 0 Å². The fraction of sp³-hybridized carbons (Fsp3) is 0.750. The Morgan fingerprint density at radius 2 is 1.43 bits per heavy atom. The highest BCUT2D eigenvalue weighted by Crippen LogP contribution is 2.55. The number of aliphatic hydroxyl groups excluding tert-OH is 1. The van der Waals surface area contributed by atoms with Crippen LogP contribution in [0.15, 0.2) is 58.2 Å². The molecule has 0 saturated heterocycles. The molecule has 0 radical (unpaired) electrons. The molecule has 1 aliphatic rings. The molecular weight excluding hydrogens is 657 g/mol. The lowest BCUT2D eigenvalue weighted by atomic mass is 9.54. The molecule has 0 heterocycles. The fourth-order valence-corrected chi connectivity index (χ4v) is 7.89. The van der Waals surface area contributed by atoms with E-state index in [1.807, 2.05) is 20.8 Å². The average molecular weight is 739 g/mol. The van der Waals surface area contributed by atoms with Gasteiger partial charge in [0.25, 0.3) is 0 Å². The van der Waals surface area contributed by atoms with Crippen LogP contribution in [0.25, 0.3) is 0 Å². The zero-order chi connectivity index (χ0) is 39.5. The molecule has 304 valence electrons. The van der Waals surface area contributed by atoms with Gasteiger partial charge in [0.2, 0.25) is 0 Å². The molecule has 0 aromatic carbocycles. The van der Waals surface area contributed by atoms with Crippen LogP contribution in [0.3, 0.4) is 0 Å². The first-order valence-electron chi connectivity index (χ1n) is 21.6. The second kappa shape index (κ2) is 28.2. The molecule has 53 heavy (non-hydrogen) atoms. The van der Waals surface area contributed by atoms with Crippen molar-refractivity contribution in [2.45, 2.75) is 215 Å². The molecule has 0 amide bonds. The summed E-state index contributed by atoms with van der Waals surface area (Å²) in [6.45, 7) is 17.0. The van der Waals surface area contributed by atoms with E-state index in [-0.39, 0.29) is 11.9 Å². The third-order valence-electron chi connectivity index (χ3n) is 12.0. The van der Waals surface area contributed by atoms with Crippen molar-refractivity contribution in [1.29, 1.82) is 0 Å². The Morgan fingerprint density at radius 3 is 2.06 bits per heavy atom. The number of aliphatic hydroxyl groups is 2. The van der Waals surface area contributed by atoms with E-state index >= 15 is 0 Å². The minimum atomic E-state index is -0.906. The Kier molecular flexibility index (Phi) is 26.0. The molecule has 2 N–H and O–H groups in total. The van der Waals surface area contributed by atoms with Gasteiger partial charge in [-0.2, -0.15) is 0 Å². The summed E-state index contributed by atoms with van der Waals surface area (Å²) in [6, 6.07) is 0. The Balaban J connectivity index is 2.56. The molecule has 4 unspecified atom stereocenters. The molecule has 4 atom stereocenters. The maximum atomic E-state index is 12.5. The van der Waals surface area contributed by atoms with Crippen molar-refractivity contribution < 1.29 is 24.5 Å². The minimum absolute atomic E-state index is 0.00624. The Morgan fingerprint density at radius 1 is 0.811 bits per heavy atom. The van der Waals surface area contributed by atoms with E-state index in [1.54, 1.807) is 0 Å². The van der Waals surface area contributed by atoms with E-state index in [4.69, 9.17) is 4.74 Å². The highest BCUT2D eigenvalue weighted by molar-refractivity contribution is 5.74. The van der Waals surface area contributed by atoms with E-state index in [0.717, 1.165) is 68.0 Å². The quantitative estimate of drug-likeness (QED) is 0.0262. The zero-order valence-corrected chi connectivity index (χ0v) is 35.7. The number of ether oxygens (including phenoxy) is 1. The number of carbonyl (C=O) groups excluding carboxylic acids is 2. The molecular formula is C48H82O5. The van der Waals surface area contributed by atoms with Gasteiger partial charge in [-0.25, -0.2) is 0 Å². The van der Waals surface area contributed by atoms with Crippen molar-refractivity contribution in [3.05, 3.63) is 58.2 Å². The number of hydrogen-bond donors (Lipinski definition) is 2. The third kappa shape index (κ3) is 20.3. The molecule has 0 aromatic rings. The summed E-state index contributed by atoms with van der Waals surface area (Å²) in [4.78, 5) is 24.5.